The lowest BCUT2D eigenvalue weighted by atomic mass is 9.74. The number of nitrogens with zero attached hydrogens (tertiary/aromatic N) is 1. The van der Waals surface area contributed by atoms with Crippen LogP contribution in [0.5, 0.6) is 5.75 Å². The molecular weight excluding hydrogens is 385 g/mol. The largest absolute Gasteiger partial charge is 0.507 e. The van der Waals surface area contributed by atoms with Crippen LogP contribution in [0.1, 0.15) is 34.6 Å². The minimum atomic E-state index is 0.385. The van der Waals surface area contributed by atoms with Gasteiger partial charge in [-0.05, 0) is 83.3 Å². The van der Waals surface area contributed by atoms with E-state index in [1.165, 1.54) is 28.7 Å². The maximum atomic E-state index is 10.2. The van der Waals surface area contributed by atoms with Gasteiger partial charge < -0.3 is 10.0 Å². The number of rotatable bonds is 0. The molecular formula is C19H20INO. The molecule has 1 aliphatic carbocycles. The Morgan fingerprint density at radius 2 is 1.91 bits per heavy atom. The highest BCUT2D eigenvalue weighted by Crippen LogP contribution is 2.44. The van der Waals surface area contributed by atoms with Gasteiger partial charge in [0.05, 0.1) is 3.57 Å². The number of benzene rings is 2. The van der Waals surface area contributed by atoms with Gasteiger partial charge in [-0.3, -0.25) is 0 Å². The second kappa shape index (κ2) is 5.53. The van der Waals surface area contributed by atoms with E-state index >= 15 is 0 Å². The second-order valence-corrected chi connectivity index (χ2v) is 7.68. The molecule has 0 fully saturated rings. The Labute approximate surface area is 145 Å². The van der Waals surface area contributed by atoms with Crippen LogP contribution in [-0.4, -0.2) is 29.6 Å². The van der Waals surface area contributed by atoms with E-state index in [1.54, 1.807) is 0 Å². The van der Waals surface area contributed by atoms with Crippen molar-refractivity contribution in [1.82, 2.24) is 4.90 Å². The van der Waals surface area contributed by atoms with Crippen molar-refractivity contribution in [3.8, 4) is 5.75 Å². The fourth-order valence-electron chi connectivity index (χ4n) is 4.18. The predicted octanol–water partition coefficient (Wildman–Crippen LogP) is 3.93. The number of aromatic hydroxyl groups is 1. The van der Waals surface area contributed by atoms with Gasteiger partial charge in [0.2, 0.25) is 0 Å². The van der Waals surface area contributed by atoms with Gasteiger partial charge in [-0.15, -0.1) is 0 Å². The monoisotopic (exact) mass is 405 g/mol. The van der Waals surface area contributed by atoms with E-state index in [-0.39, 0.29) is 0 Å². The van der Waals surface area contributed by atoms with Crippen LogP contribution in [0.25, 0.3) is 0 Å². The van der Waals surface area contributed by atoms with Crippen molar-refractivity contribution in [2.24, 2.45) is 0 Å². The molecule has 1 N–H and O–H groups in total. The Balaban J connectivity index is 1.94. The molecule has 3 heteroatoms. The van der Waals surface area contributed by atoms with Crippen molar-refractivity contribution in [3.63, 3.8) is 0 Å². The Bertz CT molecular complexity index is 727. The average Bonchev–Trinajstić information content (AvgIpc) is 2.67. The fraction of sp³-hybridized carbons (Fsp3) is 0.368. The molecule has 0 amide bonds. The van der Waals surface area contributed by atoms with Crippen LogP contribution >= 0.6 is 22.6 Å². The smallest absolute Gasteiger partial charge is 0.129 e. The highest BCUT2D eigenvalue weighted by atomic mass is 127. The maximum absolute atomic E-state index is 10.2. The van der Waals surface area contributed by atoms with Gasteiger partial charge >= 0.3 is 0 Å². The predicted molar refractivity (Wildman–Crippen MR) is 97.6 cm³/mol. The molecule has 114 valence electrons. The molecule has 0 saturated heterocycles. The molecule has 0 radical (unpaired) electrons. The molecule has 2 aromatic carbocycles. The molecule has 0 spiro atoms. The zero-order chi connectivity index (χ0) is 15.3. The third kappa shape index (κ3) is 2.26. The Kier molecular flexibility index (Phi) is 3.65. The molecule has 0 saturated carbocycles. The molecule has 2 aliphatic rings. The van der Waals surface area contributed by atoms with Gasteiger partial charge in [0, 0.05) is 18.5 Å². The van der Waals surface area contributed by atoms with Crippen molar-refractivity contribution in [2.75, 3.05) is 13.6 Å². The topological polar surface area (TPSA) is 23.5 Å². The summed E-state index contributed by atoms with van der Waals surface area (Å²) >= 11 is 2.23. The van der Waals surface area contributed by atoms with Crippen LogP contribution in [0, 0.1) is 3.57 Å². The van der Waals surface area contributed by atoms with Crippen molar-refractivity contribution >= 4 is 22.6 Å². The minimum Gasteiger partial charge on any atom is -0.507 e. The number of halogens is 1. The summed E-state index contributed by atoms with van der Waals surface area (Å²) in [5.74, 6) is 0.805. The first-order valence-corrected chi connectivity index (χ1v) is 9.02. The van der Waals surface area contributed by atoms with E-state index < -0.39 is 0 Å². The molecule has 2 aromatic rings. The number of likely N-dealkylation sites (N-methyl/N-ethyl adjacent to an activating group) is 1. The number of fused-ring (bicyclic) bond motifs is 5. The van der Waals surface area contributed by atoms with Crippen LogP contribution in [0.3, 0.4) is 0 Å². The van der Waals surface area contributed by atoms with Gasteiger partial charge in [0.15, 0.2) is 0 Å². The molecule has 1 aliphatic heterocycles. The van der Waals surface area contributed by atoms with Crippen molar-refractivity contribution < 1.29 is 5.11 Å². The quantitative estimate of drug-likeness (QED) is 0.672. The molecule has 0 aromatic heterocycles. The summed E-state index contributed by atoms with van der Waals surface area (Å²) in [6, 6.07) is 13.6. The lowest BCUT2D eigenvalue weighted by Crippen LogP contribution is -2.39. The lowest BCUT2D eigenvalue weighted by Gasteiger charge is -2.38. The number of phenolic OH excluding ortho intramolecular Hbond substituents is 1. The van der Waals surface area contributed by atoms with Crippen molar-refractivity contribution in [1.29, 1.82) is 0 Å². The van der Waals surface area contributed by atoms with Crippen molar-refractivity contribution in [3.05, 3.63) is 62.2 Å². The molecule has 22 heavy (non-hydrogen) atoms. The van der Waals surface area contributed by atoms with E-state index in [1.807, 2.05) is 6.07 Å². The van der Waals surface area contributed by atoms with Crippen LogP contribution < -0.4 is 0 Å². The summed E-state index contributed by atoms with van der Waals surface area (Å²) in [6.45, 7) is 1.11. The first-order valence-electron chi connectivity index (χ1n) is 7.94. The summed E-state index contributed by atoms with van der Waals surface area (Å²) in [5, 5.41) is 10.2. The lowest BCUT2D eigenvalue weighted by molar-refractivity contribution is 0.214. The third-order valence-electron chi connectivity index (χ3n) is 5.33. The standard InChI is InChI=1S/C19H20INO/c1-21-9-8-12-4-2-3-5-14(12)19-15-11-18(22)16(20)10-13(15)6-7-17(19)21/h2-5,10-11,17,19,22H,6-9H2,1H3/t17-,19-/m1/s1. The normalized spacial score (nSPS) is 24.1. The number of hydrogen-bond acceptors (Lipinski definition) is 2. The molecule has 2 nitrogen and oxygen atoms in total. The number of hydrogen-bond donors (Lipinski definition) is 1. The summed E-state index contributed by atoms with van der Waals surface area (Å²) in [6.07, 6.45) is 3.42. The summed E-state index contributed by atoms with van der Waals surface area (Å²) in [7, 11) is 2.25. The minimum absolute atomic E-state index is 0.385. The first kappa shape index (κ1) is 14.5. The highest BCUT2D eigenvalue weighted by molar-refractivity contribution is 14.1. The molecule has 1 heterocycles. The molecule has 0 unspecified atom stereocenters. The second-order valence-electron chi connectivity index (χ2n) is 6.52. The number of aryl methyl sites for hydroxylation is 1. The Hall–Kier alpha value is -1.07. The van der Waals surface area contributed by atoms with E-state index in [4.69, 9.17) is 0 Å². The van der Waals surface area contributed by atoms with E-state index in [9.17, 15) is 5.11 Å². The SMILES string of the molecule is CN1CCc2ccccc2[C@@H]2c3cc(O)c(I)cc3CC[C@H]21. The highest BCUT2D eigenvalue weighted by Gasteiger charge is 2.36. The number of phenols is 1. The van der Waals surface area contributed by atoms with Crippen molar-refractivity contribution in [2.45, 2.75) is 31.2 Å². The summed E-state index contributed by atoms with van der Waals surface area (Å²) in [4.78, 5) is 2.52. The summed E-state index contributed by atoms with van der Waals surface area (Å²) in [5.41, 5.74) is 5.66. The van der Waals surface area contributed by atoms with Gasteiger partial charge in [-0.1, -0.05) is 24.3 Å². The Morgan fingerprint density at radius 1 is 1.09 bits per heavy atom. The van der Waals surface area contributed by atoms with Gasteiger partial charge in [0.1, 0.15) is 5.75 Å². The van der Waals surface area contributed by atoms with Crippen LogP contribution in [-0.2, 0) is 12.8 Å². The van der Waals surface area contributed by atoms with E-state index in [0.29, 0.717) is 17.7 Å². The third-order valence-corrected chi connectivity index (χ3v) is 6.19. The molecule has 4 rings (SSSR count). The van der Waals surface area contributed by atoms with Gasteiger partial charge in [-0.2, -0.15) is 0 Å². The molecule has 0 bridgehead atoms. The summed E-state index contributed by atoms with van der Waals surface area (Å²) < 4.78 is 0.963. The first-order chi connectivity index (χ1) is 10.6. The Morgan fingerprint density at radius 3 is 2.77 bits per heavy atom. The fourth-order valence-corrected chi connectivity index (χ4v) is 4.71. The van der Waals surface area contributed by atoms with Crippen LogP contribution in [0.2, 0.25) is 0 Å². The molecule has 2 atom stereocenters. The van der Waals surface area contributed by atoms with Crippen LogP contribution in [0.4, 0.5) is 0 Å². The van der Waals surface area contributed by atoms with E-state index in [0.717, 1.165) is 23.0 Å². The average molecular weight is 405 g/mol. The zero-order valence-electron chi connectivity index (χ0n) is 12.7. The maximum Gasteiger partial charge on any atom is 0.129 e. The van der Waals surface area contributed by atoms with E-state index in [2.05, 4.69) is 64.9 Å². The van der Waals surface area contributed by atoms with Gasteiger partial charge in [-0.25, -0.2) is 0 Å². The zero-order valence-corrected chi connectivity index (χ0v) is 14.9. The van der Waals surface area contributed by atoms with Crippen LogP contribution in [0.15, 0.2) is 36.4 Å². The van der Waals surface area contributed by atoms with Gasteiger partial charge in [0.25, 0.3) is 0 Å².